The molecule has 2 N–H and O–H groups in total. The highest BCUT2D eigenvalue weighted by atomic mass is 32.1. The van der Waals surface area contributed by atoms with Gasteiger partial charge in [-0.25, -0.2) is 4.98 Å². The number of para-hydroxylation sites is 1. The Labute approximate surface area is 200 Å². The molecular formula is C25H23N3O5S. The summed E-state index contributed by atoms with van der Waals surface area (Å²) in [6.07, 6.45) is 0.0234. The molecule has 0 atom stereocenters. The van der Waals surface area contributed by atoms with E-state index in [2.05, 4.69) is 15.8 Å². The summed E-state index contributed by atoms with van der Waals surface area (Å²) < 4.78 is 16.8. The van der Waals surface area contributed by atoms with Crippen molar-refractivity contribution in [2.75, 3.05) is 0 Å². The Bertz CT molecular complexity index is 1230. The number of furan rings is 1. The van der Waals surface area contributed by atoms with Crippen LogP contribution in [0.2, 0.25) is 0 Å². The van der Waals surface area contributed by atoms with Crippen LogP contribution in [0.3, 0.4) is 0 Å². The number of hydrogen-bond acceptors (Lipinski definition) is 7. The van der Waals surface area contributed by atoms with Crippen molar-refractivity contribution in [3.8, 4) is 11.5 Å². The Hall–Kier alpha value is -4.11. The van der Waals surface area contributed by atoms with Gasteiger partial charge in [0, 0.05) is 5.38 Å². The minimum Gasteiger partial charge on any atom is -0.486 e. The molecule has 174 valence electrons. The maximum Gasteiger partial charge on any atom is 0.305 e. The van der Waals surface area contributed by atoms with E-state index in [4.69, 9.17) is 13.9 Å². The molecular weight excluding hydrogens is 454 g/mol. The topological polar surface area (TPSA) is 103 Å². The van der Waals surface area contributed by atoms with Crippen LogP contribution in [-0.4, -0.2) is 16.8 Å². The van der Waals surface area contributed by atoms with E-state index in [-0.39, 0.29) is 18.8 Å². The van der Waals surface area contributed by atoms with Gasteiger partial charge in [0.2, 0.25) is 5.91 Å². The Kier molecular flexibility index (Phi) is 7.56. The second kappa shape index (κ2) is 11.2. The van der Waals surface area contributed by atoms with Crippen molar-refractivity contribution < 1.29 is 23.5 Å². The lowest BCUT2D eigenvalue weighted by molar-refractivity contribution is -0.121. The third-order valence-corrected chi connectivity index (χ3v) is 5.52. The highest BCUT2D eigenvalue weighted by Gasteiger charge is 2.14. The van der Waals surface area contributed by atoms with Gasteiger partial charge in [-0.1, -0.05) is 35.9 Å². The summed E-state index contributed by atoms with van der Waals surface area (Å²) in [6, 6.07) is 20.2. The molecule has 0 radical (unpaired) electrons. The van der Waals surface area contributed by atoms with Crippen LogP contribution in [-0.2, 0) is 24.4 Å². The van der Waals surface area contributed by atoms with Crippen molar-refractivity contribution in [1.82, 2.24) is 15.8 Å². The van der Waals surface area contributed by atoms with Crippen molar-refractivity contribution in [3.05, 3.63) is 99.9 Å². The summed E-state index contributed by atoms with van der Waals surface area (Å²) in [5, 5.41) is 2.55. The Morgan fingerprint density at radius 3 is 2.44 bits per heavy atom. The number of nitrogens with zero attached hydrogens (tertiary/aromatic N) is 1. The number of ether oxygens (including phenoxy) is 2. The lowest BCUT2D eigenvalue weighted by atomic mass is 10.2. The van der Waals surface area contributed by atoms with Gasteiger partial charge in [-0.2, -0.15) is 0 Å². The molecule has 2 aromatic heterocycles. The van der Waals surface area contributed by atoms with E-state index in [0.717, 1.165) is 16.3 Å². The fourth-order valence-corrected chi connectivity index (χ4v) is 3.63. The van der Waals surface area contributed by atoms with Crippen molar-refractivity contribution in [3.63, 3.8) is 0 Å². The molecule has 2 heterocycles. The number of benzene rings is 2. The van der Waals surface area contributed by atoms with Crippen LogP contribution < -0.4 is 20.3 Å². The average Bonchev–Trinajstić information content (AvgIpc) is 3.51. The molecule has 0 saturated heterocycles. The molecule has 0 aliphatic rings. The largest absolute Gasteiger partial charge is 0.486 e. The van der Waals surface area contributed by atoms with Crippen molar-refractivity contribution >= 4 is 23.2 Å². The van der Waals surface area contributed by atoms with E-state index < -0.39 is 11.8 Å². The minimum absolute atomic E-state index is 0.0234. The first kappa shape index (κ1) is 23.1. The average molecular weight is 478 g/mol. The molecule has 8 nitrogen and oxygen atoms in total. The van der Waals surface area contributed by atoms with Gasteiger partial charge in [0.15, 0.2) is 5.76 Å². The van der Waals surface area contributed by atoms with Gasteiger partial charge in [0.05, 0.1) is 12.1 Å². The molecule has 34 heavy (non-hydrogen) atoms. The van der Waals surface area contributed by atoms with Crippen molar-refractivity contribution in [2.45, 2.75) is 26.6 Å². The van der Waals surface area contributed by atoms with Gasteiger partial charge < -0.3 is 13.9 Å². The molecule has 0 aliphatic heterocycles. The fourth-order valence-electron chi connectivity index (χ4n) is 2.92. The lowest BCUT2D eigenvalue weighted by Crippen LogP contribution is -2.42. The van der Waals surface area contributed by atoms with Crippen LogP contribution in [0.25, 0.3) is 0 Å². The summed E-state index contributed by atoms with van der Waals surface area (Å²) in [6.45, 7) is 2.52. The molecule has 0 saturated carbocycles. The number of aromatic nitrogens is 1. The molecule has 0 bridgehead atoms. The SMILES string of the molecule is Cc1ccc(OCc2nc(CC(=O)NNC(=O)c3ccc(COc4ccccc4)o3)cs2)cc1. The number of hydrogen-bond donors (Lipinski definition) is 2. The molecule has 0 spiro atoms. The number of rotatable bonds is 9. The monoisotopic (exact) mass is 477 g/mol. The van der Waals surface area contributed by atoms with E-state index in [9.17, 15) is 9.59 Å². The summed E-state index contributed by atoms with van der Waals surface area (Å²) in [7, 11) is 0. The molecule has 0 aliphatic carbocycles. The fraction of sp³-hybridized carbons (Fsp3) is 0.160. The first-order chi connectivity index (χ1) is 16.5. The van der Waals surface area contributed by atoms with Crippen LogP contribution in [0.1, 0.15) is 32.6 Å². The van der Waals surface area contributed by atoms with Crippen LogP contribution >= 0.6 is 11.3 Å². The lowest BCUT2D eigenvalue weighted by Gasteiger charge is -2.05. The third-order valence-electron chi connectivity index (χ3n) is 4.65. The predicted octanol–water partition coefficient (Wildman–Crippen LogP) is 4.21. The number of thiazole rings is 1. The smallest absolute Gasteiger partial charge is 0.305 e. The Balaban J connectivity index is 1.19. The van der Waals surface area contributed by atoms with E-state index in [1.54, 1.807) is 11.4 Å². The number of amides is 2. The van der Waals surface area contributed by atoms with Gasteiger partial charge in [-0.05, 0) is 43.3 Å². The zero-order valence-corrected chi connectivity index (χ0v) is 19.3. The number of hydrazine groups is 1. The minimum atomic E-state index is -0.565. The first-order valence-corrected chi connectivity index (χ1v) is 11.4. The maximum absolute atomic E-state index is 12.2. The van der Waals surface area contributed by atoms with Gasteiger partial charge in [-0.15, -0.1) is 11.3 Å². The number of carbonyl (C=O) groups is 2. The molecule has 0 unspecified atom stereocenters. The van der Waals surface area contributed by atoms with Gasteiger partial charge in [0.1, 0.15) is 35.5 Å². The van der Waals surface area contributed by atoms with E-state index in [1.807, 2.05) is 61.5 Å². The number of carbonyl (C=O) groups excluding carboxylic acids is 2. The second-order valence-corrected chi connectivity index (χ2v) is 8.32. The zero-order valence-electron chi connectivity index (χ0n) is 18.4. The van der Waals surface area contributed by atoms with E-state index >= 15 is 0 Å². The predicted molar refractivity (Wildman–Crippen MR) is 126 cm³/mol. The molecule has 2 aromatic carbocycles. The molecule has 0 fully saturated rings. The van der Waals surface area contributed by atoms with E-state index in [1.165, 1.54) is 17.4 Å². The Morgan fingerprint density at radius 1 is 0.912 bits per heavy atom. The highest BCUT2D eigenvalue weighted by Crippen LogP contribution is 2.17. The van der Waals surface area contributed by atoms with Crippen LogP contribution in [0, 0.1) is 6.92 Å². The van der Waals surface area contributed by atoms with Crippen LogP contribution in [0.15, 0.2) is 76.5 Å². The number of aryl methyl sites for hydroxylation is 1. The Morgan fingerprint density at radius 2 is 1.65 bits per heavy atom. The van der Waals surface area contributed by atoms with Gasteiger partial charge in [0.25, 0.3) is 0 Å². The summed E-state index contributed by atoms with van der Waals surface area (Å²) in [5.41, 5.74) is 6.47. The van der Waals surface area contributed by atoms with E-state index in [0.29, 0.717) is 23.8 Å². The standard InChI is InChI=1S/C25H23N3O5S/c1-17-7-9-20(10-8-17)32-15-24-26-18(16-34-24)13-23(29)27-28-25(30)22-12-11-21(33-22)14-31-19-5-3-2-4-6-19/h2-12,16H,13-15H2,1H3,(H,27,29)(H,28,30). The molecule has 9 heteroatoms. The molecule has 4 rings (SSSR count). The summed E-state index contributed by atoms with van der Waals surface area (Å²) >= 11 is 1.41. The van der Waals surface area contributed by atoms with Crippen LogP contribution in [0.5, 0.6) is 11.5 Å². The van der Waals surface area contributed by atoms with Gasteiger partial charge >= 0.3 is 5.91 Å². The second-order valence-electron chi connectivity index (χ2n) is 7.38. The van der Waals surface area contributed by atoms with Crippen LogP contribution in [0.4, 0.5) is 0 Å². The van der Waals surface area contributed by atoms with Crippen molar-refractivity contribution in [1.29, 1.82) is 0 Å². The zero-order chi connectivity index (χ0) is 23.8. The maximum atomic E-state index is 12.2. The third kappa shape index (κ3) is 6.69. The number of nitrogens with one attached hydrogen (secondary N) is 2. The quantitative estimate of drug-likeness (QED) is 0.350. The van der Waals surface area contributed by atoms with Crippen molar-refractivity contribution in [2.24, 2.45) is 0 Å². The highest BCUT2D eigenvalue weighted by molar-refractivity contribution is 7.09. The molecule has 4 aromatic rings. The summed E-state index contributed by atoms with van der Waals surface area (Å²) in [5.74, 6) is 1.05. The van der Waals surface area contributed by atoms with Gasteiger partial charge in [-0.3, -0.25) is 20.4 Å². The first-order valence-electron chi connectivity index (χ1n) is 10.5. The molecule has 2 amide bonds. The normalized spacial score (nSPS) is 10.5. The summed E-state index contributed by atoms with van der Waals surface area (Å²) in [4.78, 5) is 28.8.